The normalized spacial score (nSPS) is 8.71. The first kappa shape index (κ1) is 27.2. The number of rotatable bonds is 3. The van der Waals surface area contributed by atoms with Crippen molar-refractivity contribution in [2.24, 2.45) is 0 Å². The molecule has 3 rings (SSSR count). The molecule has 31 heavy (non-hydrogen) atoms. The van der Waals surface area contributed by atoms with Crippen LogP contribution >= 0.6 is 0 Å². The van der Waals surface area contributed by atoms with Crippen molar-refractivity contribution in [3.05, 3.63) is 89.5 Å². The van der Waals surface area contributed by atoms with Crippen LogP contribution in [-0.4, -0.2) is 28.4 Å². The van der Waals surface area contributed by atoms with Gasteiger partial charge >= 0.3 is 35.7 Å². The first-order valence-corrected chi connectivity index (χ1v) is 9.00. The Labute approximate surface area is 190 Å². The Morgan fingerprint density at radius 1 is 0.645 bits per heavy atom. The minimum absolute atomic E-state index is 0.155. The summed E-state index contributed by atoms with van der Waals surface area (Å²) in [4.78, 5) is 30.7. The molecule has 0 aliphatic carbocycles. The number of benzene rings is 3. The van der Waals surface area contributed by atoms with Gasteiger partial charge in [0, 0.05) is 11.4 Å². The van der Waals surface area contributed by atoms with Crippen molar-refractivity contribution >= 4 is 35.3 Å². The van der Waals surface area contributed by atoms with E-state index >= 15 is 0 Å². The van der Waals surface area contributed by atoms with Gasteiger partial charge in [-0.1, -0.05) is 42.1 Å². The number of para-hydroxylation sites is 3. The van der Waals surface area contributed by atoms with Crippen LogP contribution in [0.25, 0.3) is 0 Å². The van der Waals surface area contributed by atoms with Gasteiger partial charge in [-0.2, -0.15) is 6.07 Å². The number of nitrogen functional groups attached to an aromatic ring is 3. The van der Waals surface area contributed by atoms with Crippen LogP contribution in [0.4, 0.5) is 17.1 Å². The van der Waals surface area contributed by atoms with Gasteiger partial charge in [-0.15, -0.1) is 11.6 Å². The summed E-state index contributed by atoms with van der Waals surface area (Å²) in [5.74, 6) is -1.98. The molecule has 0 aliphatic rings. The Bertz CT molecular complexity index is 958. The Morgan fingerprint density at radius 2 is 0.968 bits per heavy atom. The summed E-state index contributed by atoms with van der Waals surface area (Å²) < 4.78 is 8.25. The van der Waals surface area contributed by atoms with Gasteiger partial charge < -0.3 is 32.2 Å². The maximum atomic E-state index is 10.3. The van der Waals surface area contributed by atoms with E-state index < -0.39 is 11.9 Å². The molecule has 0 spiro atoms. The molecule has 0 atom stereocenters. The van der Waals surface area contributed by atoms with Gasteiger partial charge in [-0.05, 0) is 24.3 Å². The molecule has 0 saturated carbocycles. The van der Waals surface area contributed by atoms with Gasteiger partial charge in [0.05, 0.1) is 17.4 Å². The van der Waals surface area contributed by atoms with Crippen molar-refractivity contribution in [3.63, 3.8) is 0 Å². The molecule has 159 valence electrons. The van der Waals surface area contributed by atoms with Gasteiger partial charge in [-0.25, -0.2) is 9.59 Å². The van der Waals surface area contributed by atoms with Crippen molar-refractivity contribution in [1.29, 1.82) is 0 Å². The minimum atomic E-state index is -0.988. The maximum absolute atomic E-state index is 10.3. The summed E-state index contributed by atoms with van der Waals surface area (Å²) in [6.07, 6.45) is 1.72. The van der Waals surface area contributed by atoms with E-state index in [0.717, 1.165) is 20.4 Å². The number of hydrogen-bond acceptors (Lipinski definition) is 7. The Morgan fingerprint density at radius 3 is 1.19 bits per heavy atom. The van der Waals surface area contributed by atoms with Crippen LogP contribution in [-0.2, 0) is 28.5 Å². The van der Waals surface area contributed by atoms with Crippen molar-refractivity contribution in [2.45, 2.75) is 0 Å². The van der Waals surface area contributed by atoms with Crippen LogP contribution < -0.4 is 17.2 Å². The van der Waals surface area contributed by atoms with Crippen LogP contribution in [0.15, 0.2) is 72.8 Å². The van der Waals surface area contributed by atoms with Gasteiger partial charge in [-0.3, -0.25) is 0 Å². The van der Waals surface area contributed by atoms with Gasteiger partial charge in [0.2, 0.25) is 0 Å². The molecule has 0 aliphatic heterocycles. The van der Waals surface area contributed by atoms with E-state index in [-0.39, 0.29) is 11.1 Å². The summed E-state index contributed by atoms with van der Waals surface area (Å²) in [6, 6.07) is 19.5. The van der Waals surface area contributed by atoms with Crippen LogP contribution in [0, 0.1) is 0 Å². The molecule has 0 amide bonds. The van der Waals surface area contributed by atoms with E-state index in [1.807, 2.05) is 0 Å². The van der Waals surface area contributed by atoms with Crippen LogP contribution in [0.5, 0.6) is 0 Å². The summed E-state index contributed by atoms with van der Waals surface area (Å²) in [5.41, 5.74) is 17.9. The predicted molar refractivity (Wildman–Crippen MR) is 112 cm³/mol. The fraction of sp³-hybridized carbons (Fsp3) is 0. The number of anilines is 3. The molecule has 0 unspecified atom stereocenters. The zero-order valence-corrected chi connectivity index (χ0v) is 17.7. The topological polar surface area (TPSA) is 187 Å². The van der Waals surface area contributed by atoms with Gasteiger partial charge in [0.1, 0.15) is 0 Å². The monoisotopic (exact) mass is 458 g/mol. The molecule has 0 fully saturated rings. The number of carbonyl (C=O) groups excluding carboxylic acids is 1. The second-order valence-electron chi connectivity index (χ2n) is 5.47. The second-order valence-corrected chi connectivity index (χ2v) is 5.47. The van der Waals surface area contributed by atoms with Crippen LogP contribution in [0.3, 0.4) is 0 Å². The summed E-state index contributed by atoms with van der Waals surface area (Å²) in [5, 5.41) is 17.0. The molecule has 9 nitrogen and oxygen atoms in total. The number of carboxylic acids is 2. The molecule has 8 N–H and O–H groups in total. The molecule has 0 radical (unpaired) electrons. The third kappa shape index (κ3) is 9.97. The number of carboxylic acid groups (broad SMARTS) is 2. The molecule has 0 saturated heterocycles. The number of nitrogens with two attached hydrogens (primary N) is 3. The van der Waals surface area contributed by atoms with E-state index in [2.05, 4.69) is 0 Å². The van der Waals surface area contributed by atoms with E-state index in [9.17, 15) is 14.4 Å². The fourth-order valence-electron chi connectivity index (χ4n) is 1.97. The predicted octanol–water partition coefficient (Wildman–Crippen LogP) is 2.54. The number of hydrogen-bond donors (Lipinski definition) is 5. The van der Waals surface area contributed by atoms with Gasteiger partial charge in [0.15, 0.2) is 0 Å². The first-order chi connectivity index (χ1) is 14.8. The van der Waals surface area contributed by atoms with Gasteiger partial charge in [0.25, 0.3) is 0 Å². The molecular weight excluding hydrogens is 438 g/mol. The molecule has 3 aromatic rings. The molecule has 0 aromatic heterocycles. The van der Waals surface area contributed by atoms with E-state index in [4.69, 9.17) is 30.7 Å². The van der Waals surface area contributed by atoms with Crippen LogP contribution in [0.1, 0.15) is 26.3 Å². The quantitative estimate of drug-likeness (QED) is 0.223. The van der Waals surface area contributed by atoms with E-state index in [1.54, 1.807) is 66.9 Å². The van der Waals surface area contributed by atoms with Crippen molar-refractivity contribution in [2.75, 3.05) is 17.2 Å². The summed E-state index contributed by atoms with van der Waals surface area (Å²) >= 11 is 0.750. The van der Waals surface area contributed by atoms with E-state index in [0.29, 0.717) is 22.6 Å². The average molecular weight is 458 g/mol. The number of aromatic carboxylic acids is 2. The average Bonchev–Trinajstić information content (AvgIpc) is 2.77. The Hall–Kier alpha value is -3.82. The van der Waals surface area contributed by atoms with Crippen molar-refractivity contribution in [1.82, 2.24) is 0 Å². The Kier molecular flexibility index (Phi) is 13.2. The molecule has 10 heteroatoms. The zero-order chi connectivity index (χ0) is 23.8. The van der Waals surface area contributed by atoms with E-state index in [1.165, 1.54) is 12.1 Å². The second kappa shape index (κ2) is 15.1. The van der Waals surface area contributed by atoms with Crippen molar-refractivity contribution < 1.29 is 48.3 Å². The fourth-order valence-corrected chi connectivity index (χ4v) is 1.97. The molecule has 0 bridgehead atoms. The zero-order valence-electron chi connectivity index (χ0n) is 16.2. The Balaban J connectivity index is 0.000000419. The SMILES string of the molecule is Nc1ccccc1C(=O)O.Nc1ccccc1C(=O)O.Nc1ccccc1[C-]=O.[O]=[Ti+]. The van der Waals surface area contributed by atoms with Crippen molar-refractivity contribution in [3.8, 4) is 0 Å². The number of carbonyl (C=O) groups is 2. The third-order valence-corrected chi connectivity index (χ3v) is 3.45. The molecular formula is C21H20N3O6Ti. The standard InChI is InChI=1S/2C7H7NO2.C7H6NO.O.Ti/c2*8-6-4-2-1-3-5(6)7(9)10;8-7-4-2-1-3-6(7)5-9;;/h2*1-4H,8H2,(H,9,10);1-4H,8H2;;/q;;-1;;+1. The molecule has 3 aromatic carbocycles. The first-order valence-electron chi connectivity index (χ1n) is 8.36. The molecule has 0 heterocycles. The third-order valence-electron chi connectivity index (χ3n) is 3.45. The van der Waals surface area contributed by atoms with Crippen LogP contribution in [0.2, 0.25) is 0 Å². The summed E-state index contributed by atoms with van der Waals surface area (Å²) in [6.45, 7) is 0. The summed E-state index contributed by atoms with van der Waals surface area (Å²) in [7, 11) is 0.